The van der Waals surface area contributed by atoms with E-state index in [4.69, 9.17) is 4.74 Å². The molecule has 0 aromatic heterocycles. The van der Waals surface area contributed by atoms with Crippen LogP contribution in [-0.2, 0) is 24.4 Å². The molecule has 0 fully saturated rings. The maximum atomic E-state index is 13.6. The first-order valence-corrected chi connectivity index (χ1v) is 13.0. The zero-order chi connectivity index (χ0) is 26.7. The van der Waals surface area contributed by atoms with Gasteiger partial charge in [-0.05, 0) is 30.0 Å². The lowest BCUT2D eigenvalue weighted by Crippen LogP contribution is -2.48. The second kappa shape index (κ2) is 13.1. The number of rotatable bonds is 13. The third kappa shape index (κ3) is 6.40. The van der Waals surface area contributed by atoms with Crippen LogP contribution in [-0.4, -0.2) is 28.9 Å². The number of esters is 1. The molecular weight excluding hydrogens is 485 g/mol. The van der Waals surface area contributed by atoms with Gasteiger partial charge in [-0.25, -0.2) is 0 Å². The maximum absolute atomic E-state index is 13.6. The summed E-state index contributed by atoms with van der Waals surface area (Å²) in [5.41, 5.74) is 1.59. The Hall–Kier alpha value is -3.60. The Morgan fingerprint density at radius 2 is 1.41 bits per heavy atom. The van der Waals surface area contributed by atoms with Gasteiger partial charge in [-0.3, -0.25) is 14.2 Å². The highest BCUT2D eigenvalue weighted by atomic mass is 31.1. The Labute approximate surface area is 219 Å². The number of carbonyl (C=O) groups is 2. The molecule has 0 aliphatic rings. The number of hydrogen-bond donors (Lipinski definition) is 2. The quantitative estimate of drug-likeness (QED) is 0.133. The molecule has 0 spiro atoms. The molecule has 3 aromatic rings. The van der Waals surface area contributed by atoms with Crippen molar-refractivity contribution in [2.24, 2.45) is 5.92 Å². The Bertz CT molecular complexity index is 1090. The van der Waals surface area contributed by atoms with E-state index < -0.39 is 31.2 Å². The summed E-state index contributed by atoms with van der Waals surface area (Å²) in [5, 5.41) is 12.2. The molecule has 192 valence electrons. The number of nitrogens with one attached hydrogen (secondary N) is 1. The van der Waals surface area contributed by atoms with E-state index in [1.165, 1.54) is 6.08 Å². The summed E-state index contributed by atoms with van der Waals surface area (Å²) in [5.74, 6) is -2.22. The van der Waals surface area contributed by atoms with Crippen LogP contribution in [0.5, 0.6) is 0 Å². The van der Waals surface area contributed by atoms with Crippen molar-refractivity contribution < 1.29 is 24.0 Å². The van der Waals surface area contributed by atoms with Gasteiger partial charge in [-0.1, -0.05) is 97.1 Å². The van der Waals surface area contributed by atoms with E-state index in [1.54, 1.807) is 6.92 Å². The Kier molecular flexibility index (Phi) is 9.90. The molecule has 7 heteroatoms. The highest BCUT2D eigenvalue weighted by Crippen LogP contribution is 2.39. The van der Waals surface area contributed by atoms with E-state index in [2.05, 4.69) is 11.9 Å². The predicted octanol–water partition coefficient (Wildman–Crippen LogP) is 5.61. The number of ether oxygens (including phenoxy) is 1. The minimum Gasteiger partial charge on any atom is -0.466 e. The third-order valence-electron chi connectivity index (χ3n) is 6.34. The Morgan fingerprint density at radius 1 is 0.946 bits per heavy atom. The fourth-order valence-corrected chi connectivity index (χ4v) is 5.13. The summed E-state index contributed by atoms with van der Waals surface area (Å²) >= 11 is 0. The van der Waals surface area contributed by atoms with Gasteiger partial charge in [0.2, 0.25) is 5.91 Å². The molecule has 1 amide bonds. The molecule has 0 radical (unpaired) electrons. The summed E-state index contributed by atoms with van der Waals surface area (Å²) in [4.78, 5) is 26.3. The van der Waals surface area contributed by atoms with Gasteiger partial charge in [-0.15, -0.1) is 6.58 Å². The highest BCUT2D eigenvalue weighted by Gasteiger charge is 2.43. The van der Waals surface area contributed by atoms with Gasteiger partial charge < -0.3 is 15.2 Å². The summed E-state index contributed by atoms with van der Waals surface area (Å²) in [6.07, 6.45) is 1.14. The lowest BCUT2D eigenvalue weighted by molar-refractivity contribution is -0.154. The van der Waals surface area contributed by atoms with E-state index in [0.717, 1.165) is 16.7 Å². The zero-order valence-electron chi connectivity index (χ0n) is 20.9. The van der Waals surface area contributed by atoms with Crippen molar-refractivity contribution in [1.82, 2.24) is 5.32 Å². The molecule has 2 atom stereocenters. The molecule has 6 nitrogen and oxygen atoms in total. The number of aliphatic hydroxyl groups is 1. The summed E-state index contributed by atoms with van der Waals surface area (Å²) in [6.45, 7) is 5.34. The lowest BCUT2D eigenvalue weighted by Gasteiger charge is -2.37. The van der Waals surface area contributed by atoms with Crippen LogP contribution in [0.3, 0.4) is 0 Å². The minimum absolute atomic E-state index is 0.0568. The van der Waals surface area contributed by atoms with Crippen molar-refractivity contribution in [2.45, 2.75) is 37.1 Å². The first-order chi connectivity index (χ1) is 17.9. The fourth-order valence-electron chi connectivity index (χ4n) is 4.56. The van der Waals surface area contributed by atoms with Gasteiger partial charge in [0.25, 0.3) is 0 Å². The van der Waals surface area contributed by atoms with Crippen LogP contribution in [0.4, 0.5) is 0 Å². The van der Waals surface area contributed by atoms with Crippen LogP contribution in [0.1, 0.15) is 42.9 Å². The van der Waals surface area contributed by atoms with E-state index in [0.29, 0.717) is 0 Å². The molecule has 0 aliphatic carbocycles. The molecular formula is C30H32NO5P. The molecule has 0 heterocycles. The molecule has 3 aromatic carbocycles. The predicted molar refractivity (Wildman–Crippen MR) is 144 cm³/mol. The number of hydrogen-bond acceptors (Lipinski definition) is 5. The van der Waals surface area contributed by atoms with E-state index >= 15 is 0 Å². The van der Waals surface area contributed by atoms with Gasteiger partial charge in [0.05, 0.1) is 12.5 Å². The summed E-state index contributed by atoms with van der Waals surface area (Å²) in [6, 6.07) is 29.0. The first-order valence-electron chi connectivity index (χ1n) is 12.2. The van der Waals surface area contributed by atoms with Crippen molar-refractivity contribution in [2.75, 3.05) is 6.61 Å². The monoisotopic (exact) mass is 517 g/mol. The molecule has 0 aliphatic heterocycles. The zero-order valence-corrected chi connectivity index (χ0v) is 21.8. The average Bonchev–Trinajstić information content (AvgIpc) is 2.93. The maximum Gasteiger partial charge on any atom is 0.312 e. The lowest BCUT2D eigenvalue weighted by atomic mass is 9.76. The number of carbonyl (C=O) groups excluding carboxylic acids is 2. The summed E-state index contributed by atoms with van der Waals surface area (Å²) in [7, 11) is -0.635. The molecule has 37 heavy (non-hydrogen) atoms. The van der Waals surface area contributed by atoms with Crippen LogP contribution in [0.2, 0.25) is 0 Å². The molecule has 3 rings (SSSR count). The SMILES string of the molecule is C=CCC(O)(P=O)C(CCC(=O)NC(c1ccccc1)(c1ccccc1)c1ccccc1)C(=O)OCC. The first kappa shape index (κ1) is 28.0. The summed E-state index contributed by atoms with van der Waals surface area (Å²) < 4.78 is 17.0. The molecule has 0 bridgehead atoms. The smallest absolute Gasteiger partial charge is 0.312 e. The second-order valence-electron chi connectivity index (χ2n) is 8.70. The van der Waals surface area contributed by atoms with Gasteiger partial charge in [0.1, 0.15) is 5.54 Å². The van der Waals surface area contributed by atoms with Crippen LogP contribution >= 0.6 is 8.46 Å². The standard InChI is InChI=1S/C30H32NO5P/c1-3-22-29(34,37-35)26(28(33)36-4-2)20-21-27(32)31-30(23-14-8-5-9-15-23,24-16-10-6-11-17-24)25-18-12-7-13-19-25/h3,5-19,26,34H,1,4,20-22H2,2H3,(H,31,32). The Balaban J connectivity index is 2.01. The number of benzene rings is 3. The Morgan fingerprint density at radius 3 is 1.78 bits per heavy atom. The van der Waals surface area contributed by atoms with Crippen molar-refractivity contribution >= 4 is 20.3 Å². The van der Waals surface area contributed by atoms with Gasteiger partial charge in [0, 0.05) is 12.8 Å². The number of amides is 1. The van der Waals surface area contributed by atoms with Crippen LogP contribution < -0.4 is 5.32 Å². The van der Waals surface area contributed by atoms with Crippen molar-refractivity contribution in [1.29, 1.82) is 0 Å². The molecule has 0 saturated carbocycles. The van der Waals surface area contributed by atoms with E-state index in [1.807, 2.05) is 91.0 Å². The fraction of sp³-hybridized carbons (Fsp3) is 0.267. The van der Waals surface area contributed by atoms with Crippen LogP contribution in [0.25, 0.3) is 0 Å². The average molecular weight is 518 g/mol. The molecule has 2 N–H and O–H groups in total. The second-order valence-corrected chi connectivity index (χ2v) is 9.66. The van der Waals surface area contributed by atoms with E-state index in [9.17, 15) is 19.3 Å². The van der Waals surface area contributed by atoms with Gasteiger partial charge in [0.15, 0.2) is 13.8 Å². The van der Waals surface area contributed by atoms with Gasteiger partial charge in [-0.2, -0.15) is 0 Å². The van der Waals surface area contributed by atoms with E-state index in [-0.39, 0.29) is 31.8 Å². The van der Waals surface area contributed by atoms with Gasteiger partial charge >= 0.3 is 5.97 Å². The molecule has 2 unspecified atom stereocenters. The topological polar surface area (TPSA) is 92.7 Å². The third-order valence-corrected chi connectivity index (χ3v) is 7.15. The largest absolute Gasteiger partial charge is 0.466 e. The highest BCUT2D eigenvalue weighted by molar-refractivity contribution is 7.25. The minimum atomic E-state index is -1.91. The van der Waals surface area contributed by atoms with Crippen LogP contribution in [0.15, 0.2) is 104 Å². The van der Waals surface area contributed by atoms with Crippen molar-refractivity contribution in [3.8, 4) is 0 Å². The van der Waals surface area contributed by atoms with Crippen LogP contribution in [0, 0.1) is 5.92 Å². The normalized spacial score (nSPS) is 13.8. The van der Waals surface area contributed by atoms with Crippen molar-refractivity contribution in [3.05, 3.63) is 120 Å². The van der Waals surface area contributed by atoms with Crippen molar-refractivity contribution in [3.63, 3.8) is 0 Å². The molecule has 0 saturated heterocycles.